The zero-order chi connectivity index (χ0) is 19.4. The first kappa shape index (κ1) is 21.8. The van der Waals surface area contributed by atoms with E-state index in [4.69, 9.17) is 22.3 Å². The van der Waals surface area contributed by atoms with Gasteiger partial charge in [0, 0.05) is 18.2 Å². The average Bonchev–Trinajstić information content (AvgIpc) is 2.68. The van der Waals surface area contributed by atoms with Gasteiger partial charge in [-0.05, 0) is 29.7 Å². The Morgan fingerprint density at radius 1 is 1.12 bits per heavy atom. The zero-order valence-corrected chi connectivity index (χ0v) is 15.0. The van der Waals surface area contributed by atoms with E-state index in [1.165, 1.54) is 37.5 Å². The molecule has 2 aromatic rings. The predicted octanol–water partition coefficient (Wildman–Crippen LogP) is 2.29. The lowest BCUT2D eigenvalue weighted by atomic mass is 9.97. The second kappa shape index (κ2) is 12.1. The first-order chi connectivity index (χ1) is 12.5. The van der Waals surface area contributed by atoms with E-state index in [0.29, 0.717) is 6.04 Å². The Morgan fingerprint density at radius 2 is 1.73 bits per heavy atom. The number of carboxylic acids is 1. The van der Waals surface area contributed by atoms with Crippen LogP contribution in [0.2, 0.25) is 0 Å². The fourth-order valence-corrected chi connectivity index (χ4v) is 2.52. The first-order valence-electron chi connectivity index (χ1n) is 8.86. The van der Waals surface area contributed by atoms with Gasteiger partial charge in [-0.2, -0.15) is 0 Å². The quantitative estimate of drug-likeness (QED) is 0.622. The van der Waals surface area contributed by atoms with Gasteiger partial charge in [-0.15, -0.1) is 0 Å². The SMILES string of the molecule is NC1CCCCC1.NCC(N)C(=O)O.O=Cc1ccc2ccccc2c1. The molecule has 0 spiro atoms. The summed E-state index contributed by atoms with van der Waals surface area (Å²) < 4.78 is 0. The van der Waals surface area contributed by atoms with Crippen LogP contribution in [-0.2, 0) is 4.79 Å². The van der Waals surface area contributed by atoms with Gasteiger partial charge >= 0.3 is 5.97 Å². The smallest absolute Gasteiger partial charge is 0.321 e. The van der Waals surface area contributed by atoms with E-state index in [9.17, 15) is 9.59 Å². The Kier molecular flexibility index (Phi) is 10.2. The lowest BCUT2D eigenvalue weighted by Crippen LogP contribution is -2.37. The topological polar surface area (TPSA) is 132 Å². The number of aldehydes is 1. The molecule has 0 saturated heterocycles. The number of carbonyl (C=O) groups is 2. The molecule has 2 aromatic carbocycles. The molecule has 0 heterocycles. The Labute approximate surface area is 154 Å². The number of carbonyl (C=O) groups excluding carboxylic acids is 1. The molecule has 1 aliphatic rings. The van der Waals surface area contributed by atoms with E-state index in [1.807, 2.05) is 42.5 Å². The highest BCUT2D eigenvalue weighted by Crippen LogP contribution is 2.15. The standard InChI is InChI=1S/C11H8O.C6H13N.C3H8N2O2/c12-8-9-5-6-10-3-1-2-4-11(10)7-9;7-6-4-2-1-3-5-6;4-1-2(5)3(6)7/h1-8H;6H,1-5,7H2;2H,1,4-5H2,(H,6,7). The molecule has 7 N–H and O–H groups in total. The van der Waals surface area contributed by atoms with Crippen molar-refractivity contribution in [1.82, 2.24) is 0 Å². The van der Waals surface area contributed by atoms with Crippen LogP contribution in [0, 0.1) is 0 Å². The van der Waals surface area contributed by atoms with Crippen molar-refractivity contribution in [3.05, 3.63) is 48.0 Å². The summed E-state index contributed by atoms with van der Waals surface area (Å²) in [6, 6.07) is 13.3. The number of aliphatic carboxylic acids is 1. The largest absolute Gasteiger partial charge is 0.480 e. The Bertz CT molecular complexity index is 685. The molecule has 0 aliphatic heterocycles. The summed E-state index contributed by atoms with van der Waals surface area (Å²) >= 11 is 0. The maximum Gasteiger partial charge on any atom is 0.321 e. The number of hydrogen-bond donors (Lipinski definition) is 4. The van der Waals surface area contributed by atoms with Crippen LogP contribution in [0.4, 0.5) is 0 Å². The summed E-state index contributed by atoms with van der Waals surface area (Å²) in [6.07, 6.45) is 7.53. The number of fused-ring (bicyclic) bond motifs is 1. The number of benzene rings is 2. The fourth-order valence-electron chi connectivity index (χ4n) is 2.52. The van der Waals surface area contributed by atoms with Gasteiger partial charge in [-0.25, -0.2) is 0 Å². The van der Waals surface area contributed by atoms with Crippen molar-refractivity contribution in [2.45, 2.75) is 44.2 Å². The van der Waals surface area contributed by atoms with Crippen molar-refractivity contribution >= 4 is 23.0 Å². The first-order valence-corrected chi connectivity index (χ1v) is 8.86. The van der Waals surface area contributed by atoms with E-state index in [-0.39, 0.29) is 6.54 Å². The number of nitrogens with two attached hydrogens (primary N) is 3. The van der Waals surface area contributed by atoms with Crippen LogP contribution < -0.4 is 17.2 Å². The summed E-state index contributed by atoms with van der Waals surface area (Å²) in [7, 11) is 0. The van der Waals surface area contributed by atoms with E-state index in [2.05, 4.69) is 0 Å². The molecule has 1 aliphatic carbocycles. The maximum absolute atomic E-state index is 10.5. The summed E-state index contributed by atoms with van der Waals surface area (Å²) in [4.78, 5) is 20.2. The Balaban J connectivity index is 0.000000210. The van der Waals surface area contributed by atoms with Gasteiger partial charge in [0.25, 0.3) is 0 Å². The molecule has 1 fully saturated rings. The summed E-state index contributed by atoms with van der Waals surface area (Å²) in [5, 5.41) is 10.3. The van der Waals surface area contributed by atoms with Crippen LogP contribution in [0.5, 0.6) is 0 Å². The van der Waals surface area contributed by atoms with Crippen molar-refractivity contribution in [2.24, 2.45) is 17.2 Å². The number of hydrogen-bond acceptors (Lipinski definition) is 5. The molecule has 6 heteroatoms. The molecule has 26 heavy (non-hydrogen) atoms. The molecule has 0 aromatic heterocycles. The van der Waals surface area contributed by atoms with Gasteiger partial charge in [-0.3, -0.25) is 9.59 Å². The normalized spacial score (nSPS) is 15.0. The van der Waals surface area contributed by atoms with Gasteiger partial charge in [0.1, 0.15) is 12.3 Å². The van der Waals surface area contributed by atoms with Crippen LogP contribution >= 0.6 is 0 Å². The summed E-state index contributed by atoms with van der Waals surface area (Å²) in [5.74, 6) is -1.05. The third-order valence-corrected chi connectivity index (χ3v) is 4.13. The molecule has 0 bridgehead atoms. The zero-order valence-electron chi connectivity index (χ0n) is 15.0. The Morgan fingerprint density at radius 3 is 2.15 bits per heavy atom. The van der Waals surface area contributed by atoms with Crippen LogP contribution in [0.15, 0.2) is 42.5 Å². The molecule has 1 atom stereocenters. The van der Waals surface area contributed by atoms with E-state index in [1.54, 1.807) is 0 Å². The molecule has 142 valence electrons. The van der Waals surface area contributed by atoms with Crippen LogP contribution in [-0.4, -0.2) is 36.0 Å². The highest BCUT2D eigenvalue weighted by atomic mass is 16.4. The highest BCUT2D eigenvalue weighted by Gasteiger charge is 2.06. The van der Waals surface area contributed by atoms with Crippen LogP contribution in [0.1, 0.15) is 42.5 Å². The van der Waals surface area contributed by atoms with Crippen molar-refractivity contribution < 1.29 is 14.7 Å². The van der Waals surface area contributed by atoms with Gasteiger partial charge in [0.2, 0.25) is 0 Å². The fraction of sp³-hybridized carbons (Fsp3) is 0.400. The molecular weight excluding hydrogens is 330 g/mol. The Hall–Kier alpha value is -2.28. The summed E-state index contributed by atoms with van der Waals surface area (Å²) in [5.41, 5.74) is 16.1. The lowest BCUT2D eigenvalue weighted by Gasteiger charge is -2.15. The molecule has 0 radical (unpaired) electrons. The van der Waals surface area contributed by atoms with Gasteiger partial charge in [-0.1, -0.05) is 55.7 Å². The van der Waals surface area contributed by atoms with Gasteiger partial charge in [0.05, 0.1) is 0 Å². The molecule has 1 unspecified atom stereocenters. The van der Waals surface area contributed by atoms with Crippen molar-refractivity contribution in [3.63, 3.8) is 0 Å². The minimum absolute atomic E-state index is 0.00463. The van der Waals surface area contributed by atoms with Crippen molar-refractivity contribution in [1.29, 1.82) is 0 Å². The molecule has 6 nitrogen and oxygen atoms in total. The van der Waals surface area contributed by atoms with E-state index in [0.717, 1.165) is 17.2 Å². The minimum Gasteiger partial charge on any atom is -0.480 e. The molecule has 0 amide bonds. The monoisotopic (exact) mass is 359 g/mol. The van der Waals surface area contributed by atoms with Crippen molar-refractivity contribution in [3.8, 4) is 0 Å². The van der Waals surface area contributed by atoms with Crippen molar-refractivity contribution in [2.75, 3.05) is 6.54 Å². The molecular formula is C20H29N3O3. The van der Waals surface area contributed by atoms with Gasteiger partial charge in [0.15, 0.2) is 0 Å². The molecule has 3 rings (SSSR count). The van der Waals surface area contributed by atoms with E-state index >= 15 is 0 Å². The number of carboxylic acid groups (broad SMARTS) is 1. The van der Waals surface area contributed by atoms with Crippen LogP contribution in [0.3, 0.4) is 0 Å². The highest BCUT2D eigenvalue weighted by molar-refractivity contribution is 5.88. The lowest BCUT2D eigenvalue weighted by molar-refractivity contribution is -0.138. The van der Waals surface area contributed by atoms with Gasteiger partial charge < -0.3 is 22.3 Å². The number of rotatable bonds is 3. The third kappa shape index (κ3) is 8.20. The van der Waals surface area contributed by atoms with E-state index < -0.39 is 12.0 Å². The second-order valence-corrected chi connectivity index (χ2v) is 6.30. The predicted molar refractivity (Wildman–Crippen MR) is 105 cm³/mol. The third-order valence-electron chi connectivity index (χ3n) is 4.13. The second-order valence-electron chi connectivity index (χ2n) is 6.30. The molecule has 1 saturated carbocycles. The summed E-state index contributed by atoms with van der Waals surface area (Å²) in [6.45, 7) is -0.00463. The van der Waals surface area contributed by atoms with Crippen LogP contribution in [0.25, 0.3) is 10.8 Å². The minimum atomic E-state index is -1.05. The maximum atomic E-state index is 10.5. The average molecular weight is 359 g/mol.